The van der Waals surface area contributed by atoms with Crippen LogP contribution in [-0.4, -0.2) is 26.6 Å². The average molecular weight is 285 g/mol. The van der Waals surface area contributed by atoms with Gasteiger partial charge < -0.3 is 16.8 Å². The molecule has 0 heterocycles. The standard InChI is InChI=1S/C12H19N3O3S/c1-7(2)11(12(14)16)15-10-5-4-8(6-9(10)13)19(3,17)18/h4-7,11,15H,13H2,1-3H3,(H2,14,16). The minimum Gasteiger partial charge on any atom is -0.397 e. The molecule has 0 saturated carbocycles. The number of nitrogens with two attached hydrogens (primary N) is 2. The Balaban J connectivity index is 3.07. The Morgan fingerprint density at radius 1 is 1.32 bits per heavy atom. The van der Waals surface area contributed by atoms with Crippen molar-refractivity contribution in [2.45, 2.75) is 24.8 Å². The summed E-state index contributed by atoms with van der Waals surface area (Å²) in [5.74, 6) is -0.493. The van der Waals surface area contributed by atoms with Crippen molar-refractivity contribution in [1.29, 1.82) is 0 Å². The Morgan fingerprint density at radius 2 is 1.89 bits per heavy atom. The maximum absolute atomic E-state index is 11.4. The van der Waals surface area contributed by atoms with Crippen LogP contribution >= 0.6 is 0 Å². The van der Waals surface area contributed by atoms with E-state index in [9.17, 15) is 13.2 Å². The highest BCUT2D eigenvalue weighted by atomic mass is 32.2. The van der Waals surface area contributed by atoms with E-state index < -0.39 is 21.8 Å². The number of amides is 1. The molecule has 1 unspecified atom stereocenters. The molecule has 1 aromatic rings. The first-order valence-corrected chi connectivity index (χ1v) is 7.67. The molecule has 0 aliphatic carbocycles. The first-order valence-electron chi connectivity index (χ1n) is 5.78. The molecule has 0 saturated heterocycles. The van der Waals surface area contributed by atoms with Crippen LogP contribution < -0.4 is 16.8 Å². The fraction of sp³-hybridized carbons (Fsp3) is 0.417. The van der Waals surface area contributed by atoms with E-state index in [0.717, 1.165) is 6.26 Å². The Labute approximate surface area is 113 Å². The highest BCUT2D eigenvalue weighted by molar-refractivity contribution is 7.90. The van der Waals surface area contributed by atoms with Crippen molar-refractivity contribution < 1.29 is 13.2 Å². The quantitative estimate of drug-likeness (QED) is 0.685. The van der Waals surface area contributed by atoms with Crippen molar-refractivity contribution in [3.8, 4) is 0 Å². The molecule has 0 spiro atoms. The van der Waals surface area contributed by atoms with Gasteiger partial charge >= 0.3 is 0 Å². The maximum atomic E-state index is 11.4. The summed E-state index contributed by atoms with van der Waals surface area (Å²) in [7, 11) is -3.30. The molecular formula is C12H19N3O3S. The third kappa shape index (κ3) is 3.85. The molecule has 19 heavy (non-hydrogen) atoms. The number of benzene rings is 1. The van der Waals surface area contributed by atoms with Gasteiger partial charge in [0.05, 0.1) is 16.3 Å². The topological polar surface area (TPSA) is 115 Å². The number of hydrogen-bond donors (Lipinski definition) is 3. The molecule has 0 aliphatic heterocycles. The zero-order chi connectivity index (χ0) is 14.8. The summed E-state index contributed by atoms with van der Waals surface area (Å²) in [4.78, 5) is 11.4. The van der Waals surface area contributed by atoms with Crippen molar-refractivity contribution in [3.05, 3.63) is 18.2 Å². The smallest absolute Gasteiger partial charge is 0.240 e. The Kier molecular flexibility index (Phi) is 4.41. The average Bonchev–Trinajstić information content (AvgIpc) is 2.24. The third-order valence-corrected chi connectivity index (χ3v) is 3.85. The van der Waals surface area contributed by atoms with Crippen LogP contribution in [0, 0.1) is 5.92 Å². The maximum Gasteiger partial charge on any atom is 0.240 e. The lowest BCUT2D eigenvalue weighted by Gasteiger charge is -2.21. The zero-order valence-electron chi connectivity index (χ0n) is 11.2. The molecule has 7 heteroatoms. The number of sulfone groups is 1. The lowest BCUT2D eigenvalue weighted by atomic mass is 10.0. The van der Waals surface area contributed by atoms with Gasteiger partial charge in [0, 0.05) is 6.26 Å². The molecule has 1 rings (SSSR count). The number of primary amides is 1. The van der Waals surface area contributed by atoms with Crippen LogP contribution in [0.15, 0.2) is 23.1 Å². The minimum absolute atomic E-state index is 0.00788. The summed E-state index contributed by atoms with van der Waals surface area (Å²) in [6, 6.07) is 3.76. The van der Waals surface area contributed by atoms with Gasteiger partial charge in [-0.15, -0.1) is 0 Å². The highest BCUT2D eigenvalue weighted by Crippen LogP contribution is 2.24. The summed E-state index contributed by atoms with van der Waals surface area (Å²) in [6.07, 6.45) is 1.11. The van der Waals surface area contributed by atoms with E-state index in [-0.39, 0.29) is 16.5 Å². The summed E-state index contributed by atoms with van der Waals surface area (Å²) in [6.45, 7) is 3.70. The van der Waals surface area contributed by atoms with E-state index in [4.69, 9.17) is 11.5 Å². The van der Waals surface area contributed by atoms with Crippen LogP contribution in [-0.2, 0) is 14.6 Å². The number of carbonyl (C=O) groups is 1. The van der Waals surface area contributed by atoms with E-state index in [0.29, 0.717) is 5.69 Å². The van der Waals surface area contributed by atoms with Gasteiger partial charge in [0.1, 0.15) is 6.04 Å². The van der Waals surface area contributed by atoms with Crippen molar-refractivity contribution in [2.24, 2.45) is 11.7 Å². The predicted molar refractivity (Wildman–Crippen MR) is 75.4 cm³/mol. The molecule has 5 N–H and O–H groups in total. The van der Waals surface area contributed by atoms with E-state index >= 15 is 0 Å². The molecule has 1 amide bonds. The van der Waals surface area contributed by atoms with Crippen LogP contribution in [0.4, 0.5) is 11.4 Å². The minimum atomic E-state index is -3.30. The second-order valence-corrected chi connectivity index (χ2v) is 6.81. The summed E-state index contributed by atoms with van der Waals surface area (Å²) in [5, 5.41) is 2.93. The monoisotopic (exact) mass is 285 g/mol. The zero-order valence-corrected chi connectivity index (χ0v) is 12.0. The van der Waals surface area contributed by atoms with Gasteiger partial charge in [0.25, 0.3) is 0 Å². The van der Waals surface area contributed by atoms with Crippen LogP contribution in [0.1, 0.15) is 13.8 Å². The normalized spacial score (nSPS) is 13.3. The molecule has 0 radical (unpaired) electrons. The number of rotatable bonds is 5. The predicted octanol–water partition coefficient (Wildman–Crippen LogP) is 0.594. The van der Waals surface area contributed by atoms with Crippen LogP contribution in [0.3, 0.4) is 0 Å². The lowest BCUT2D eigenvalue weighted by Crippen LogP contribution is -2.39. The first-order chi connectivity index (χ1) is 8.62. The summed E-state index contributed by atoms with van der Waals surface area (Å²) in [5.41, 5.74) is 11.8. The Morgan fingerprint density at radius 3 is 2.26 bits per heavy atom. The molecule has 1 atom stereocenters. The molecule has 0 fully saturated rings. The fourth-order valence-corrected chi connectivity index (χ4v) is 2.29. The van der Waals surface area contributed by atoms with Crippen molar-refractivity contribution >= 4 is 27.1 Å². The van der Waals surface area contributed by atoms with Crippen molar-refractivity contribution in [2.75, 3.05) is 17.3 Å². The SMILES string of the molecule is CC(C)C(Nc1ccc(S(C)(=O)=O)cc1N)C(N)=O. The van der Waals surface area contributed by atoms with Gasteiger partial charge in [0.15, 0.2) is 9.84 Å². The summed E-state index contributed by atoms with van der Waals surface area (Å²) >= 11 is 0. The third-order valence-electron chi connectivity index (χ3n) is 2.74. The van der Waals surface area contributed by atoms with Crippen LogP contribution in [0.5, 0.6) is 0 Å². The van der Waals surface area contributed by atoms with Gasteiger partial charge in [-0.1, -0.05) is 13.8 Å². The van der Waals surface area contributed by atoms with E-state index in [1.165, 1.54) is 18.2 Å². The van der Waals surface area contributed by atoms with Gasteiger partial charge in [-0.2, -0.15) is 0 Å². The van der Waals surface area contributed by atoms with Crippen LogP contribution in [0.2, 0.25) is 0 Å². The second-order valence-electron chi connectivity index (χ2n) is 4.79. The number of anilines is 2. The van der Waals surface area contributed by atoms with E-state index in [2.05, 4.69) is 5.32 Å². The molecule has 6 nitrogen and oxygen atoms in total. The van der Waals surface area contributed by atoms with Gasteiger partial charge in [-0.05, 0) is 24.1 Å². The lowest BCUT2D eigenvalue weighted by molar-refractivity contribution is -0.119. The number of nitrogens with one attached hydrogen (secondary N) is 1. The van der Waals surface area contributed by atoms with E-state index in [1.54, 1.807) is 0 Å². The van der Waals surface area contributed by atoms with Gasteiger partial charge in [-0.25, -0.2) is 8.42 Å². The molecule has 0 aliphatic rings. The Bertz CT molecular complexity index is 582. The number of hydrogen-bond acceptors (Lipinski definition) is 5. The highest BCUT2D eigenvalue weighted by Gasteiger charge is 2.20. The largest absolute Gasteiger partial charge is 0.397 e. The van der Waals surface area contributed by atoms with Crippen molar-refractivity contribution in [1.82, 2.24) is 0 Å². The Hall–Kier alpha value is -1.76. The number of nitrogen functional groups attached to an aromatic ring is 1. The van der Waals surface area contributed by atoms with Gasteiger partial charge in [-0.3, -0.25) is 4.79 Å². The molecule has 0 aromatic heterocycles. The molecular weight excluding hydrogens is 266 g/mol. The molecule has 0 bridgehead atoms. The van der Waals surface area contributed by atoms with Crippen LogP contribution in [0.25, 0.3) is 0 Å². The first kappa shape index (κ1) is 15.3. The fourth-order valence-electron chi connectivity index (χ4n) is 1.64. The molecule has 1 aromatic carbocycles. The molecule has 106 valence electrons. The van der Waals surface area contributed by atoms with E-state index in [1.807, 2.05) is 13.8 Å². The van der Waals surface area contributed by atoms with Gasteiger partial charge in [0.2, 0.25) is 5.91 Å². The summed E-state index contributed by atoms with van der Waals surface area (Å²) < 4.78 is 22.8. The van der Waals surface area contributed by atoms with Crippen molar-refractivity contribution in [3.63, 3.8) is 0 Å². The second kappa shape index (κ2) is 5.48. The number of carbonyl (C=O) groups excluding carboxylic acids is 1.